The highest BCUT2D eigenvalue weighted by atomic mass is 32.2. The molecule has 1 fully saturated rings. The van der Waals surface area contributed by atoms with Gasteiger partial charge in [0, 0.05) is 26.2 Å². The molecule has 1 saturated heterocycles. The lowest BCUT2D eigenvalue weighted by Gasteiger charge is -2.32. The number of rotatable bonds is 4. The number of anilines is 1. The standard InChI is InChI=1S/C10H17N5O4S/c1-19-9(16)7-14-2-4-15(5-3-14)20(17,18)8-6-12-13-10(8)11/h6H,2-5,7H2,1H3,(H3,11,12,13). The van der Waals surface area contributed by atoms with Gasteiger partial charge in [-0.25, -0.2) is 8.42 Å². The number of carbonyl (C=O) groups excluding carboxylic acids is 1. The lowest BCUT2D eigenvalue weighted by atomic mass is 10.3. The number of aromatic nitrogens is 2. The molecule has 10 heteroatoms. The van der Waals surface area contributed by atoms with E-state index in [1.807, 2.05) is 4.90 Å². The van der Waals surface area contributed by atoms with Crippen LogP contribution in [0.4, 0.5) is 5.82 Å². The van der Waals surface area contributed by atoms with Crippen molar-refractivity contribution in [2.45, 2.75) is 4.90 Å². The first kappa shape index (κ1) is 14.8. The van der Waals surface area contributed by atoms with Crippen LogP contribution >= 0.6 is 0 Å². The second-order valence-corrected chi connectivity index (χ2v) is 6.31. The van der Waals surface area contributed by atoms with Crippen LogP contribution in [-0.4, -0.2) is 73.6 Å². The molecule has 1 aromatic rings. The van der Waals surface area contributed by atoms with Crippen LogP contribution in [0.3, 0.4) is 0 Å². The summed E-state index contributed by atoms with van der Waals surface area (Å²) < 4.78 is 30.6. The van der Waals surface area contributed by atoms with Gasteiger partial charge in [0.15, 0.2) is 0 Å². The van der Waals surface area contributed by atoms with Crippen molar-refractivity contribution in [2.24, 2.45) is 0 Å². The quantitative estimate of drug-likeness (QED) is 0.647. The van der Waals surface area contributed by atoms with Crippen molar-refractivity contribution in [1.29, 1.82) is 0 Å². The molecule has 0 amide bonds. The third-order valence-electron chi connectivity index (χ3n) is 3.16. The van der Waals surface area contributed by atoms with Crippen LogP contribution < -0.4 is 5.73 Å². The predicted molar refractivity (Wildman–Crippen MR) is 70.2 cm³/mol. The normalized spacial score (nSPS) is 18.1. The number of hydrogen-bond acceptors (Lipinski definition) is 7. The Kier molecular flexibility index (Phi) is 4.26. The minimum absolute atomic E-state index is 0.0149. The molecule has 0 saturated carbocycles. The summed E-state index contributed by atoms with van der Waals surface area (Å²) in [5.41, 5.74) is 5.55. The molecular weight excluding hydrogens is 286 g/mol. The molecule has 0 unspecified atom stereocenters. The number of nitrogens with one attached hydrogen (secondary N) is 1. The Balaban J connectivity index is 2.00. The maximum atomic E-state index is 12.3. The van der Waals surface area contributed by atoms with E-state index >= 15 is 0 Å². The van der Waals surface area contributed by atoms with E-state index in [1.54, 1.807) is 0 Å². The number of sulfonamides is 1. The van der Waals surface area contributed by atoms with Gasteiger partial charge < -0.3 is 10.5 Å². The summed E-state index contributed by atoms with van der Waals surface area (Å²) in [5, 5.41) is 6.03. The summed E-state index contributed by atoms with van der Waals surface area (Å²) in [6.45, 7) is 1.68. The van der Waals surface area contributed by atoms with Crippen LogP contribution in [0.1, 0.15) is 0 Å². The average molecular weight is 303 g/mol. The van der Waals surface area contributed by atoms with E-state index in [9.17, 15) is 13.2 Å². The Morgan fingerprint density at radius 2 is 2.10 bits per heavy atom. The number of nitrogen functional groups attached to an aromatic ring is 1. The van der Waals surface area contributed by atoms with E-state index in [-0.39, 0.29) is 23.2 Å². The molecule has 0 radical (unpaired) electrons. The second kappa shape index (κ2) is 5.77. The maximum Gasteiger partial charge on any atom is 0.319 e. The van der Waals surface area contributed by atoms with E-state index in [2.05, 4.69) is 14.9 Å². The lowest BCUT2D eigenvalue weighted by Crippen LogP contribution is -2.49. The number of methoxy groups -OCH3 is 1. The van der Waals surface area contributed by atoms with Gasteiger partial charge in [0.25, 0.3) is 0 Å². The Labute approximate surface area is 116 Å². The van der Waals surface area contributed by atoms with Crippen molar-refractivity contribution >= 4 is 21.8 Å². The zero-order chi connectivity index (χ0) is 14.8. The Hall–Kier alpha value is -1.65. The molecule has 0 aromatic carbocycles. The summed E-state index contributed by atoms with van der Waals surface area (Å²) in [6, 6.07) is 0. The number of esters is 1. The highest BCUT2D eigenvalue weighted by Crippen LogP contribution is 2.20. The molecule has 2 heterocycles. The van der Waals surface area contributed by atoms with Crippen molar-refractivity contribution in [1.82, 2.24) is 19.4 Å². The van der Waals surface area contributed by atoms with Gasteiger partial charge in [-0.05, 0) is 0 Å². The molecule has 0 bridgehead atoms. The fourth-order valence-electron chi connectivity index (χ4n) is 2.00. The third kappa shape index (κ3) is 2.92. The summed E-state index contributed by atoms with van der Waals surface area (Å²) in [7, 11) is -2.31. The number of carbonyl (C=O) groups is 1. The monoisotopic (exact) mass is 303 g/mol. The molecule has 1 aliphatic heterocycles. The molecule has 3 N–H and O–H groups in total. The van der Waals surface area contributed by atoms with Gasteiger partial charge in [-0.1, -0.05) is 0 Å². The lowest BCUT2D eigenvalue weighted by molar-refractivity contribution is -0.142. The molecule has 0 spiro atoms. The van der Waals surface area contributed by atoms with Crippen molar-refractivity contribution in [3.8, 4) is 0 Å². The third-order valence-corrected chi connectivity index (χ3v) is 5.09. The van der Waals surface area contributed by atoms with E-state index < -0.39 is 10.0 Å². The Morgan fingerprint density at radius 3 is 2.60 bits per heavy atom. The fourth-order valence-corrected chi connectivity index (χ4v) is 3.44. The predicted octanol–water partition coefficient (Wildman–Crippen LogP) is -1.53. The van der Waals surface area contributed by atoms with Crippen LogP contribution in [0.25, 0.3) is 0 Å². The number of nitrogens with zero attached hydrogens (tertiary/aromatic N) is 3. The van der Waals surface area contributed by atoms with Gasteiger partial charge in [-0.3, -0.25) is 14.8 Å². The maximum absolute atomic E-state index is 12.3. The molecule has 20 heavy (non-hydrogen) atoms. The van der Waals surface area contributed by atoms with Crippen LogP contribution in [0.15, 0.2) is 11.1 Å². The van der Waals surface area contributed by atoms with Gasteiger partial charge in [-0.15, -0.1) is 0 Å². The van der Waals surface area contributed by atoms with Crippen LogP contribution in [0.5, 0.6) is 0 Å². The minimum Gasteiger partial charge on any atom is -0.468 e. The molecule has 2 rings (SSSR count). The second-order valence-electron chi connectivity index (χ2n) is 4.40. The van der Waals surface area contributed by atoms with E-state index in [1.165, 1.54) is 17.6 Å². The number of ether oxygens (including phenoxy) is 1. The Morgan fingerprint density at radius 1 is 1.45 bits per heavy atom. The number of nitrogens with two attached hydrogens (primary N) is 1. The molecule has 1 aromatic heterocycles. The van der Waals surface area contributed by atoms with E-state index in [4.69, 9.17) is 5.73 Å². The molecule has 0 aliphatic carbocycles. The highest BCUT2D eigenvalue weighted by molar-refractivity contribution is 7.89. The smallest absolute Gasteiger partial charge is 0.319 e. The summed E-state index contributed by atoms with van der Waals surface area (Å²) in [4.78, 5) is 13.0. The van der Waals surface area contributed by atoms with Crippen molar-refractivity contribution in [2.75, 3.05) is 45.6 Å². The van der Waals surface area contributed by atoms with Crippen LogP contribution in [0, 0.1) is 0 Å². The first-order chi connectivity index (χ1) is 9.45. The average Bonchev–Trinajstić information content (AvgIpc) is 2.86. The number of piperazine rings is 1. The van der Waals surface area contributed by atoms with E-state index in [0.29, 0.717) is 26.2 Å². The largest absolute Gasteiger partial charge is 0.468 e. The summed E-state index contributed by atoms with van der Waals surface area (Å²) in [6.07, 6.45) is 1.20. The fraction of sp³-hybridized carbons (Fsp3) is 0.600. The van der Waals surface area contributed by atoms with Crippen molar-refractivity contribution in [3.63, 3.8) is 0 Å². The molecule has 0 atom stereocenters. The van der Waals surface area contributed by atoms with Crippen molar-refractivity contribution in [3.05, 3.63) is 6.20 Å². The van der Waals surface area contributed by atoms with Crippen LogP contribution in [0.2, 0.25) is 0 Å². The van der Waals surface area contributed by atoms with Gasteiger partial charge >= 0.3 is 5.97 Å². The minimum atomic E-state index is -3.64. The molecule has 112 valence electrons. The number of hydrogen-bond donors (Lipinski definition) is 2. The van der Waals surface area contributed by atoms with E-state index in [0.717, 1.165) is 0 Å². The topological polar surface area (TPSA) is 122 Å². The van der Waals surface area contributed by atoms with Gasteiger partial charge in [-0.2, -0.15) is 9.40 Å². The molecule has 9 nitrogen and oxygen atoms in total. The van der Waals surface area contributed by atoms with Gasteiger partial charge in [0.05, 0.1) is 19.9 Å². The summed E-state index contributed by atoms with van der Waals surface area (Å²) in [5.74, 6) is -0.303. The summed E-state index contributed by atoms with van der Waals surface area (Å²) >= 11 is 0. The van der Waals surface area contributed by atoms with Crippen LogP contribution in [-0.2, 0) is 19.6 Å². The number of H-pyrrole nitrogens is 1. The SMILES string of the molecule is COC(=O)CN1CCN(S(=O)(=O)c2cn[nH]c2N)CC1. The van der Waals surface area contributed by atoms with Gasteiger partial charge in [0.1, 0.15) is 10.7 Å². The number of aromatic amines is 1. The molecule has 1 aliphatic rings. The first-order valence-corrected chi connectivity index (χ1v) is 7.47. The first-order valence-electron chi connectivity index (χ1n) is 6.03. The zero-order valence-corrected chi connectivity index (χ0v) is 11.9. The van der Waals surface area contributed by atoms with Gasteiger partial charge in [0.2, 0.25) is 10.0 Å². The highest BCUT2D eigenvalue weighted by Gasteiger charge is 2.31. The Bertz CT molecular complexity index is 576. The molecular formula is C10H17N5O4S. The van der Waals surface area contributed by atoms with Crippen molar-refractivity contribution < 1.29 is 17.9 Å². The zero-order valence-electron chi connectivity index (χ0n) is 11.1.